The van der Waals surface area contributed by atoms with Crippen LogP contribution in [0.1, 0.15) is 47.5 Å². The summed E-state index contributed by atoms with van der Waals surface area (Å²) in [5, 5.41) is 0. The number of hydrogen-bond donors (Lipinski definition) is 0. The van der Waals surface area contributed by atoms with Crippen LogP contribution in [0.3, 0.4) is 0 Å². The van der Waals surface area contributed by atoms with Crippen molar-refractivity contribution in [2.75, 3.05) is 0 Å². The Morgan fingerprint density at radius 1 is 1.08 bits per heavy atom. The van der Waals surface area contributed by atoms with Crippen LogP contribution in [0.4, 0.5) is 0 Å². The van der Waals surface area contributed by atoms with Crippen molar-refractivity contribution in [3.8, 4) is 0 Å². The molecule has 0 aliphatic heterocycles. The number of ether oxygens (including phenoxy) is 1. The molecule has 0 N–H and O–H groups in total. The molecule has 1 aliphatic carbocycles. The first kappa shape index (κ1) is 10.0. The Bertz CT molecular complexity index is 146. The zero-order valence-corrected chi connectivity index (χ0v) is 9.05. The third-order valence-electron chi connectivity index (χ3n) is 2.90. The van der Waals surface area contributed by atoms with Gasteiger partial charge in [0.05, 0.1) is 11.7 Å². The highest BCUT2D eigenvalue weighted by molar-refractivity contribution is 4.82. The average Bonchev–Trinajstić information content (AvgIpc) is 2.16. The molecular weight excluding hydrogens is 148 g/mol. The van der Waals surface area contributed by atoms with Gasteiger partial charge in [-0.2, -0.15) is 0 Å². The second-order valence-corrected chi connectivity index (χ2v) is 5.18. The monoisotopic (exact) mass is 170 g/mol. The normalized spacial score (nSPS) is 37.2. The summed E-state index contributed by atoms with van der Waals surface area (Å²) >= 11 is 0. The van der Waals surface area contributed by atoms with E-state index in [1.807, 2.05) is 0 Å². The molecule has 0 aromatic rings. The molecule has 0 bridgehead atoms. The van der Waals surface area contributed by atoms with E-state index in [9.17, 15) is 0 Å². The number of hydrogen-bond acceptors (Lipinski definition) is 1. The zero-order valence-electron chi connectivity index (χ0n) is 9.05. The van der Waals surface area contributed by atoms with E-state index in [0.29, 0.717) is 6.10 Å². The van der Waals surface area contributed by atoms with Crippen LogP contribution in [0.25, 0.3) is 0 Å². The van der Waals surface area contributed by atoms with E-state index in [0.717, 1.165) is 11.8 Å². The molecule has 0 radical (unpaired) electrons. The van der Waals surface area contributed by atoms with E-state index < -0.39 is 0 Å². The topological polar surface area (TPSA) is 9.23 Å². The Morgan fingerprint density at radius 3 is 2.00 bits per heavy atom. The summed E-state index contributed by atoms with van der Waals surface area (Å²) in [4.78, 5) is 0. The molecule has 3 atom stereocenters. The van der Waals surface area contributed by atoms with Gasteiger partial charge in [0.15, 0.2) is 0 Å². The molecule has 0 heterocycles. The van der Waals surface area contributed by atoms with Crippen molar-refractivity contribution in [3.63, 3.8) is 0 Å². The molecule has 0 spiro atoms. The quantitative estimate of drug-likeness (QED) is 0.587. The van der Waals surface area contributed by atoms with Crippen molar-refractivity contribution in [2.24, 2.45) is 11.8 Å². The maximum absolute atomic E-state index is 5.98. The van der Waals surface area contributed by atoms with Gasteiger partial charge in [-0.05, 0) is 45.4 Å². The first-order valence-corrected chi connectivity index (χ1v) is 5.08. The minimum atomic E-state index is 0.0307. The molecule has 12 heavy (non-hydrogen) atoms. The van der Waals surface area contributed by atoms with E-state index in [1.54, 1.807) is 0 Å². The van der Waals surface area contributed by atoms with Crippen LogP contribution in [0.2, 0.25) is 0 Å². The van der Waals surface area contributed by atoms with Crippen LogP contribution in [0.5, 0.6) is 0 Å². The van der Waals surface area contributed by atoms with E-state index in [-0.39, 0.29) is 5.60 Å². The fraction of sp³-hybridized carbons (Fsp3) is 1.00. The zero-order chi connectivity index (χ0) is 9.35. The highest BCUT2D eigenvalue weighted by atomic mass is 16.5. The van der Waals surface area contributed by atoms with Crippen LogP contribution in [-0.4, -0.2) is 11.7 Å². The lowest BCUT2D eigenvalue weighted by Crippen LogP contribution is -2.29. The van der Waals surface area contributed by atoms with Gasteiger partial charge in [0, 0.05) is 0 Å². The van der Waals surface area contributed by atoms with Gasteiger partial charge < -0.3 is 4.74 Å². The molecule has 1 nitrogen and oxygen atoms in total. The molecule has 3 unspecified atom stereocenters. The molecule has 1 rings (SSSR count). The lowest BCUT2D eigenvalue weighted by Gasteiger charge is -2.28. The van der Waals surface area contributed by atoms with Crippen molar-refractivity contribution in [3.05, 3.63) is 0 Å². The smallest absolute Gasteiger partial charge is 0.0610 e. The lowest BCUT2D eigenvalue weighted by molar-refractivity contribution is -0.0751. The summed E-state index contributed by atoms with van der Waals surface area (Å²) in [6.07, 6.45) is 3.08. The summed E-state index contributed by atoms with van der Waals surface area (Å²) in [6, 6.07) is 0. The predicted octanol–water partition coefficient (Wildman–Crippen LogP) is 3.24. The SMILES string of the molecule is CC1CCC(OC(C)(C)C)C1C. The molecule has 1 fully saturated rings. The van der Waals surface area contributed by atoms with Gasteiger partial charge in [0.1, 0.15) is 0 Å². The maximum atomic E-state index is 5.98. The van der Waals surface area contributed by atoms with Crippen LogP contribution < -0.4 is 0 Å². The standard InChI is InChI=1S/C11H22O/c1-8-6-7-10(9(8)2)12-11(3,4)5/h8-10H,6-7H2,1-5H3. The highest BCUT2D eigenvalue weighted by Crippen LogP contribution is 2.35. The number of rotatable bonds is 1. The third kappa shape index (κ3) is 2.48. The minimum Gasteiger partial charge on any atom is -0.372 e. The average molecular weight is 170 g/mol. The van der Waals surface area contributed by atoms with Crippen molar-refractivity contribution < 1.29 is 4.74 Å². The van der Waals surface area contributed by atoms with Gasteiger partial charge in [0.25, 0.3) is 0 Å². The van der Waals surface area contributed by atoms with Crippen LogP contribution in [0, 0.1) is 11.8 Å². The maximum Gasteiger partial charge on any atom is 0.0610 e. The molecule has 0 aromatic carbocycles. The second-order valence-electron chi connectivity index (χ2n) is 5.18. The summed E-state index contributed by atoms with van der Waals surface area (Å²) < 4.78 is 5.98. The van der Waals surface area contributed by atoms with Gasteiger partial charge in [-0.15, -0.1) is 0 Å². The summed E-state index contributed by atoms with van der Waals surface area (Å²) in [5.41, 5.74) is 0.0307. The largest absolute Gasteiger partial charge is 0.372 e. The summed E-state index contributed by atoms with van der Waals surface area (Å²) in [6.45, 7) is 11.1. The molecule has 1 aliphatic rings. The Balaban J connectivity index is 2.44. The first-order valence-electron chi connectivity index (χ1n) is 5.08. The highest BCUT2D eigenvalue weighted by Gasteiger charge is 2.32. The van der Waals surface area contributed by atoms with E-state index in [2.05, 4.69) is 34.6 Å². The van der Waals surface area contributed by atoms with Crippen molar-refractivity contribution >= 4 is 0 Å². The molecule has 0 amide bonds. The Hall–Kier alpha value is -0.0400. The summed E-state index contributed by atoms with van der Waals surface area (Å²) in [5.74, 6) is 1.58. The van der Waals surface area contributed by atoms with Crippen molar-refractivity contribution in [2.45, 2.75) is 59.2 Å². The van der Waals surface area contributed by atoms with Gasteiger partial charge in [0.2, 0.25) is 0 Å². The fourth-order valence-electron chi connectivity index (χ4n) is 1.94. The predicted molar refractivity (Wildman–Crippen MR) is 52.2 cm³/mol. The van der Waals surface area contributed by atoms with Gasteiger partial charge in [-0.3, -0.25) is 0 Å². The Kier molecular flexibility index (Phi) is 2.82. The van der Waals surface area contributed by atoms with Crippen molar-refractivity contribution in [1.82, 2.24) is 0 Å². The molecule has 72 valence electrons. The van der Waals surface area contributed by atoms with Gasteiger partial charge in [-0.1, -0.05) is 13.8 Å². The Labute approximate surface area is 76.5 Å². The molecule has 1 saturated carbocycles. The Morgan fingerprint density at radius 2 is 1.67 bits per heavy atom. The molecule has 0 saturated heterocycles. The van der Waals surface area contributed by atoms with Gasteiger partial charge >= 0.3 is 0 Å². The second kappa shape index (κ2) is 3.37. The fourth-order valence-corrected chi connectivity index (χ4v) is 1.94. The lowest BCUT2D eigenvalue weighted by atomic mass is 9.99. The first-order chi connectivity index (χ1) is 5.40. The van der Waals surface area contributed by atoms with Gasteiger partial charge in [-0.25, -0.2) is 0 Å². The molecular formula is C11H22O. The molecule has 0 aromatic heterocycles. The van der Waals surface area contributed by atoms with E-state index in [1.165, 1.54) is 12.8 Å². The summed E-state index contributed by atoms with van der Waals surface area (Å²) in [7, 11) is 0. The third-order valence-corrected chi connectivity index (χ3v) is 2.90. The molecule has 1 heteroatoms. The van der Waals surface area contributed by atoms with Crippen molar-refractivity contribution in [1.29, 1.82) is 0 Å². The van der Waals surface area contributed by atoms with Crippen LogP contribution in [0.15, 0.2) is 0 Å². The van der Waals surface area contributed by atoms with Crippen LogP contribution >= 0.6 is 0 Å². The minimum absolute atomic E-state index is 0.0307. The van der Waals surface area contributed by atoms with E-state index >= 15 is 0 Å². The van der Waals surface area contributed by atoms with E-state index in [4.69, 9.17) is 4.74 Å². The van der Waals surface area contributed by atoms with Crippen LogP contribution in [-0.2, 0) is 4.74 Å².